The predicted octanol–water partition coefficient (Wildman–Crippen LogP) is 2.80. The zero-order valence-electron chi connectivity index (χ0n) is 9.34. The number of aliphatic carboxylic acids is 1. The Bertz CT molecular complexity index is 444. The van der Waals surface area contributed by atoms with Gasteiger partial charge >= 0.3 is 5.97 Å². The van der Waals surface area contributed by atoms with Crippen LogP contribution in [0.2, 0.25) is 0 Å². The van der Waals surface area contributed by atoms with Crippen LogP contribution in [-0.4, -0.2) is 17.6 Å². The molecule has 1 aromatic rings. The van der Waals surface area contributed by atoms with Crippen LogP contribution in [0.5, 0.6) is 0 Å². The Morgan fingerprint density at radius 3 is 2.76 bits per heavy atom. The zero-order chi connectivity index (χ0) is 12.8. The average molecular weight is 241 g/mol. The van der Waals surface area contributed by atoms with Crippen molar-refractivity contribution in [3.05, 3.63) is 41.5 Å². The Morgan fingerprint density at radius 1 is 1.47 bits per heavy atom. The fourth-order valence-corrected chi connectivity index (χ4v) is 1.31. The number of hydrogen-bond acceptors (Lipinski definition) is 2. The van der Waals surface area contributed by atoms with Crippen molar-refractivity contribution in [2.75, 3.05) is 11.9 Å². The van der Waals surface area contributed by atoms with Crippen LogP contribution in [0.15, 0.2) is 29.8 Å². The number of carboxylic acids is 1. The van der Waals surface area contributed by atoms with Crippen LogP contribution in [0, 0.1) is 11.6 Å². The van der Waals surface area contributed by atoms with Crippen LogP contribution < -0.4 is 5.32 Å². The minimum atomic E-state index is -1.01. The molecule has 0 radical (unpaired) electrons. The standard InChI is InChI=1S/C12H13F2NO2/c1-2-8(12(16)17)6-7-15-10-5-3-4-9(13)11(10)14/h3-6,15H,2,7H2,1H3,(H,16,17)/b8-6-. The largest absolute Gasteiger partial charge is 0.478 e. The second-order valence-electron chi connectivity index (χ2n) is 3.37. The normalized spacial score (nSPS) is 11.4. The molecule has 0 aromatic heterocycles. The van der Waals surface area contributed by atoms with E-state index >= 15 is 0 Å². The first-order valence-electron chi connectivity index (χ1n) is 5.16. The van der Waals surface area contributed by atoms with E-state index in [1.54, 1.807) is 6.92 Å². The second-order valence-corrected chi connectivity index (χ2v) is 3.37. The highest BCUT2D eigenvalue weighted by Gasteiger charge is 2.07. The third-order valence-corrected chi connectivity index (χ3v) is 2.25. The van der Waals surface area contributed by atoms with Gasteiger partial charge in [-0.05, 0) is 18.6 Å². The monoisotopic (exact) mass is 241 g/mol. The van der Waals surface area contributed by atoms with Crippen LogP contribution in [0.1, 0.15) is 13.3 Å². The number of hydrogen-bond donors (Lipinski definition) is 2. The highest BCUT2D eigenvalue weighted by Crippen LogP contribution is 2.16. The van der Waals surface area contributed by atoms with E-state index < -0.39 is 17.6 Å². The number of halogens is 2. The highest BCUT2D eigenvalue weighted by molar-refractivity contribution is 5.86. The Balaban J connectivity index is 2.68. The van der Waals surface area contributed by atoms with Gasteiger partial charge in [0.05, 0.1) is 5.69 Å². The molecular formula is C12H13F2NO2. The van der Waals surface area contributed by atoms with Gasteiger partial charge < -0.3 is 10.4 Å². The first kappa shape index (κ1) is 13.2. The average Bonchev–Trinajstić information content (AvgIpc) is 2.29. The van der Waals surface area contributed by atoms with Gasteiger partial charge in [-0.1, -0.05) is 19.1 Å². The summed E-state index contributed by atoms with van der Waals surface area (Å²) in [5.41, 5.74) is 0.247. The number of carboxylic acid groups (broad SMARTS) is 1. The van der Waals surface area contributed by atoms with Gasteiger partial charge in [-0.3, -0.25) is 0 Å². The van der Waals surface area contributed by atoms with Gasteiger partial charge in [0.15, 0.2) is 11.6 Å². The van der Waals surface area contributed by atoms with Crippen LogP contribution in [0.3, 0.4) is 0 Å². The highest BCUT2D eigenvalue weighted by atomic mass is 19.2. The quantitative estimate of drug-likeness (QED) is 0.779. The van der Waals surface area contributed by atoms with Crippen LogP contribution in [0.4, 0.5) is 14.5 Å². The predicted molar refractivity (Wildman–Crippen MR) is 60.9 cm³/mol. The van der Waals surface area contributed by atoms with Crippen molar-refractivity contribution in [3.63, 3.8) is 0 Å². The van der Waals surface area contributed by atoms with Crippen LogP contribution >= 0.6 is 0 Å². The molecular weight excluding hydrogens is 228 g/mol. The molecule has 17 heavy (non-hydrogen) atoms. The van der Waals surface area contributed by atoms with E-state index in [0.29, 0.717) is 6.42 Å². The van der Waals surface area contributed by atoms with Gasteiger partial charge in [-0.25, -0.2) is 13.6 Å². The molecule has 1 aromatic carbocycles. The van der Waals surface area contributed by atoms with Crippen LogP contribution in [0.25, 0.3) is 0 Å². The number of benzene rings is 1. The van der Waals surface area contributed by atoms with E-state index in [9.17, 15) is 13.6 Å². The number of carbonyl (C=O) groups is 1. The third-order valence-electron chi connectivity index (χ3n) is 2.25. The van der Waals surface area contributed by atoms with Crippen molar-refractivity contribution >= 4 is 11.7 Å². The Kier molecular flexibility index (Phi) is 4.63. The second kappa shape index (κ2) is 5.98. The molecule has 0 unspecified atom stereocenters. The van der Waals surface area contributed by atoms with E-state index in [2.05, 4.69) is 5.32 Å². The molecule has 0 aliphatic carbocycles. The summed E-state index contributed by atoms with van der Waals surface area (Å²) in [7, 11) is 0. The fourth-order valence-electron chi connectivity index (χ4n) is 1.31. The van der Waals surface area contributed by atoms with Crippen molar-refractivity contribution in [1.82, 2.24) is 0 Å². The molecule has 0 heterocycles. The lowest BCUT2D eigenvalue weighted by Crippen LogP contribution is -2.06. The maximum atomic E-state index is 13.2. The summed E-state index contributed by atoms with van der Waals surface area (Å²) in [6, 6.07) is 3.78. The first-order valence-corrected chi connectivity index (χ1v) is 5.16. The minimum absolute atomic E-state index is 0.0158. The molecule has 0 amide bonds. The molecule has 0 aliphatic heterocycles. The van der Waals surface area contributed by atoms with E-state index in [1.807, 2.05) is 0 Å². The van der Waals surface area contributed by atoms with Crippen LogP contribution in [-0.2, 0) is 4.79 Å². The number of anilines is 1. The van der Waals surface area contributed by atoms with E-state index in [0.717, 1.165) is 6.07 Å². The zero-order valence-corrected chi connectivity index (χ0v) is 9.34. The summed E-state index contributed by atoms with van der Waals surface area (Å²) in [6.45, 7) is 1.85. The molecule has 92 valence electrons. The van der Waals surface area contributed by atoms with Gasteiger partial charge in [0.1, 0.15) is 0 Å². The fraction of sp³-hybridized carbons (Fsp3) is 0.250. The molecule has 5 heteroatoms. The molecule has 0 saturated carbocycles. The molecule has 1 rings (SSSR count). The molecule has 3 nitrogen and oxygen atoms in total. The maximum absolute atomic E-state index is 13.2. The molecule has 0 aliphatic rings. The van der Waals surface area contributed by atoms with Gasteiger partial charge in [0, 0.05) is 12.1 Å². The lowest BCUT2D eigenvalue weighted by molar-refractivity contribution is -0.132. The summed E-state index contributed by atoms with van der Waals surface area (Å²) < 4.78 is 26.0. The topological polar surface area (TPSA) is 49.3 Å². The van der Waals surface area contributed by atoms with E-state index in [1.165, 1.54) is 18.2 Å². The number of rotatable bonds is 5. The van der Waals surface area contributed by atoms with Gasteiger partial charge in [-0.15, -0.1) is 0 Å². The van der Waals surface area contributed by atoms with E-state index in [4.69, 9.17) is 5.11 Å². The molecule has 0 fully saturated rings. The number of nitrogens with one attached hydrogen (secondary N) is 1. The van der Waals surface area contributed by atoms with Gasteiger partial charge in [0.2, 0.25) is 0 Å². The van der Waals surface area contributed by atoms with Crippen molar-refractivity contribution in [2.24, 2.45) is 0 Å². The summed E-state index contributed by atoms with van der Waals surface area (Å²) in [4.78, 5) is 10.7. The lowest BCUT2D eigenvalue weighted by atomic mass is 10.2. The summed E-state index contributed by atoms with van der Waals surface area (Å²) in [5.74, 6) is -2.91. The molecule has 0 bridgehead atoms. The lowest BCUT2D eigenvalue weighted by Gasteiger charge is -2.05. The molecule has 0 atom stereocenters. The van der Waals surface area contributed by atoms with Crippen molar-refractivity contribution in [2.45, 2.75) is 13.3 Å². The van der Waals surface area contributed by atoms with Crippen molar-refractivity contribution in [1.29, 1.82) is 0 Å². The molecule has 2 N–H and O–H groups in total. The maximum Gasteiger partial charge on any atom is 0.331 e. The van der Waals surface area contributed by atoms with Crippen molar-refractivity contribution < 1.29 is 18.7 Å². The Hall–Kier alpha value is -1.91. The smallest absolute Gasteiger partial charge is 0.331 e. The Labute approximate surface area is 97.8 Å². The van der Waals surface area contributed by atoms with Crippen molar-refractivity contribution in [3.8, 4) is 0 Å². The SMILES string of the molecule is CC/C(=C/CNc1cccc(F)c1F)C(=O)O. The summed E-state index contributed by atoms with van der Waals surface area (Å²) in [6.07, 6.45) is 1.81. The first-order chi connectivity index (χ1) is 8.06. The molecule has 0 spiro atoms. The van der Waals surface area contributed by atoms with E-state index in [-0.39, 0.29) is 17.8 Å². The summed E-state index contributed by atoms with van der Waals surface area (Å²) in [5, 5.41) is 11.4. The molecule has 0 saturated heterocycles. The van der Waals surface area contributed by atoms with Gasteiger partial charge in [-0.2, -0.15) is 0 Å². The third kappa shape index (κ3) is 3.55. The minimum Gasteiger partial charge on any atom is -0.478 e. The Morgan fingerprint density at radius 2 is 2.18 bits per heavy atom. The summed E-state index contributed by atoms with van der Waals surface area (Å²) >= 11 is 0. The van der Waals surface area contributed by atoms with Gasteiger partial charge in [0.25, 0.3) is 0 Å².